The van der Waals surface area contributed by atoms with Gasteiger partial charge in [0.1, 0.15) is 0 Å². The summed E-state index contributed by atoms with van der Waals surface area (Å²) in [6, 6.07) is 9.89. The molecular formula is C16H24BrNO2S. The van der Waals surface area contributed by atoms with Crippen LogP contribution in [0.1, 0.15) is 37.7 Å². The molecule has 1 heterocycles. The molecule has 1 aliphatic heterocycles. The van der Waals surface area contributed by atoms with Crippen molar-refractivity contribution < 1.29 is 8.42 Å². The van der Waals surface area contributed by atoms with Crippen molar-refractivity contribution >= 4 is 26.0 Å². The molecule has 2 rings (SSSR count). The van der Waals surface area contributed by atoms with Crippen LogP contribution >= 0.6 is 15.9 Å². The molecule has 0 bridgehead atoms. The van der Waals surface area contributed by atoms with E-state index in [0.717, 1.165) is 30.2 Å². The van der Waals surface area contributed by atoms with Crippen LogP contribution in [0.5, 0.6) is 0 Å². The maximum absolute atomic E-state index is 12.6. The van der Waals surface area contributed by atoms with E-state index in [9.17, 15) is 8.42 Å². The van der Waals surface area contributed by atoms with E-state index >= 15 is 0 Å². The van der Waals surface area contributed by atoms with Gasteiger partial charge in [0.25, 0.3) is 0 Å². The number of sulfonamides is 1. The van der Waals surface area contributed by atoms with Gasteiger partial charge < -0.3 is 0 Å². The van der Waals surface area contributed by atoms with Crippen LogP contribution in [0.3, 0.4) is 0 Å². The second kappa shape index (κ2) is 7.75. The summed E-state index contributed by atoms with van der Waals surface area (Å²) < 4.78 is 27.0. The summed E-state index contributed by atoms with van der Waals surface area (Å²) in [7, 11) is -3.16. The van der Waals surface area contributed by atoms with Crippen LogP contribution in [0.15, 0.2) is 30.3 Å². The van der Waals surface area contributed by atoms with Gasteiger partial charge in [-0.1, -0.05) is 53.2 Å². The second-order valence-corrected chi connectivity index (χ2v) is 8.74. The summed E-state index contributed by atoms with van der Waals surface area (Å²) in [6.07, 6.45) is 3.18. The molecule has 2 atom stereocenters. The standard InChI is InChI=1S/C16H24BrNO2S/c1-14(16-7-3-2-4-8-16)13-21(19,20)18-11-5-6-15(12-18)9-10-17/h2-4,7-8,14-15H,5-6,9-13H2,1H3. The Bertz CT molecular complexity index is 530. The molecule has 1 saturated heterocycles. The largest absolute Gasteiger partial charge is 0.214 e. The van der Waals surface area contributed by atoms with Crippen molar-refractivity contribution in [2.24, 2.45) is 5.92 Å². The Kier molecular flexibility index (Phi) is 6.26. The first-order valence-electron chi connectivity index (χ1n) is 7.61. The molecule has 21 heavy (non-hydrogen) atoms. The zero-order valence-corrected chi connectivity index (χ0v) is 14.9. The third-order valence-corrected chi connectivity index (χ3v) is 6.72. The molecule has 1 fully saturated rings. The minimum absolute atomic E-state index is 0.0350. The highest BCUT2D eigenvalue weighted by Crippen LogP contribution is 2.25. The number of nitrogens with zero attached hydrogens (tertiary/aromatic N) is 1. The van der Waals surface area contributed by atoms with Gasteiger partial charge in [0.15, 0.2) is 0 Å². The van der Waals surface area contributed by atoms with Gasteiger partial charge in [-0.15, -0.1) is 0 Å². The second-order valence-electron chi connectivity index (χ2n) is 5.93. The predicted octanol–water partition coefficient (Wildman–Crippen LogP) is 3.62. The van der Waals surface area contributed by atoms with E-state index in [1.54, 1.807) is 4.31 Å². The third kappa shape index (κ3) is 4.80. The molecule has 0 radical (unpaired) electrons. The molecule has 0 N–H and O–H groups in total. The van der Waals surface area contributed by atoms with Gasteiger partial charge in [-0.3, -0.25) is 0 Å². The topological polar surface area (TPSA) is 37.4 Å². The smallest absolute Gasteiger partial charge is 0.212 e. The first kappa shape index (κ1) is 17.0. The molecule has 1 aromatic carbocycles. The number of rotatable bonds is 6. The van der Waals surface area contributed by atoms with E-state index in [2.05, 4.69) is 15.9 Å². The molecule has 0 amide bonds. The Morgan fingerprint density at radius 1 is 1.33 bits per heavy atom. The Hall–Kier alpha value is -0.390. The number of hydrogen-bond acceptors (Lipinski definition) is 2. The Labute approximate surface area is 136 Å². The van der Waals surface area contributed by atoms with Gasteiger partial charge in [-0.2, -0.15) is 0 Å². The summed E-state index contributed by atoms with van der Waals surface area (Å²) in [5.41, 5.74) is 1.09. The van der Waals surface area contributed by atoms with Gasteiger partial charge in [0.05, 0.1) is 5.75 Å². The lowest BCUT2D eigenvalue weighted by Crippen LogP contribution is -2.41. The van der Waals surface area contributed by atoms with E-state index in [0.29, 0.717) is 19.0 Å². The molecule has 3 nitrogen and oxygen atoms in total. The zero-order chi connectivity index (χ0) is 15.3. The molecule has 0 aliphatic carbocycles. The summed E-state index contributed by atoms with van der Waals surface area (Å²) in [6.45, 7) is 3.37. The highest BCUT2D eigenvalue weighted by atomic mass is 79.9. The Morgan fingerprint density at radius 2 is 2.05 bits per heavy atom. The minimum Gasteiger partial charge on any atom is -0.212 e. The minimum atomic E-state index is -3.16. The third-order valence-electron chi connectivity index (χ3n) is 4.22. The quantitative estimate of drug-likeness (QED) is 0.714. The number of halogens is 1. The SMILES string of the molecule is CC(CS(=O)(=O)N1CCCC(CCBr)C1)c1ccccc1. The van der Waals surface area contributed by atoms with Crippen LogP contribution in [0.25, 0.3) is 0 Å². The van der Waals surface area contributed by atoms with Crippen molar-refractivity contribution in [2.75, 3.05) is 24.2 Å². The lowest BCUT2D eigenvalue weighted by Gasteiger charge is -2.32. The van der Waals surface area contributed by atoms with Crippen LogP contribution in [-0.4, -0.2) is 36.9 Å². The van der Waals surface area contributed by atoms with Crippen molar-refractivity contribution in [1.82, 2.24) is 4.31 Å². The van der Waals surface area contributed by atoms with Crippen molar-refractivity contribution in [3.05, 3.63) is 35.9 Å². The molecule has 2 unspecified atom stereocenters. The van der Waals surface area contributed by atoms with Crippen LogP contribution in [0.4, 0.5) is 0 Å². The molecule has 0 saturated carbocycles. The highest BCUT2D eigenvalue weighted by molar-refractivity contribution is 9.09. The maximum Gasteiger partial charge on any atom is 0.214 e. The van der Waals surface area contributed by atoms with Crippen LogP contribution in [-0.2, 0) is 10.0 Å². The highest BCUT2D eigenvalue weighted by Gasteiger charge is 2.29. The first-order chi connectivity index (χ1) is 10.0. The van der Waals surface area contributed by atoms with E-state index in [-0.39, 0.29) is 11.7 Å². The molecule has 5 heteroatoms. The fourth-order valence-electron chi connectivity index (χ4n) is 2.97. The number of benzene rings is 1. The monoisotopic (exact) mass is 373 g/mol. The van der Waals surface area contributed by atoms with E-state index in [1.807, 2.05) is 37.3 Å². The van der Waals surface area contributed by atoms with E-state index in [4.69, 9.17) is 0 Å². The maximum atomic E-state index is 12.6. The molecule has 0 aromatic heterocycles. The van der Waals surface area contributed by atoms with Gasteiger partial charge >= 0.3 is 0 Å². The van der Waals surface area contributed by atoms with Gasteiger partial charge in [0.2, 0.25) is 10.0 Å². The van der Waals surface area contributed by atoms with Gasteiger partial charge in [0, 0.05) is 18.4 Å². The first-order valence-corrected chi connectivity index (χ1v) is 10.3. The lowest BCUT2D eigenvalue weighted by molar-refractivity contribution is 0.262. The molecule has 118 valence electrons. The summed E-state index contributed by atoms with van der Waals surface area (Å²) in [5.74, 6) is 0.741. The van der Waals surface area contributed by atoms with Crippen molar-refractivity contribution in [3.63, 3.8) is 0 Å². The summed E-state index contributed by atoms with van der Waals surface area (Å²) in [4.78, 5) is 0. The van der Waals surface area contributed by atoms with Crippen molar-refractivity contribution in [1.29, 1.82) is 0 Å². The fraction of sp³-hybridized carbons (Fsp3) is 0.625. The zero-order valence-electron chi connectivity index (χ0n) is 12.5. The Morgan fingerprint density at radius 3 is 2.71 bits per heavy atom. The predicted molar refractivity (Wildman–Crippen MR) is 91.4 cm³/mol. The van der Waals surface area contributed by atoms with E-state index in [1.165, 1.54) is 0 Å². The van der Waals surface area contributed by atoms with Gasteiger partial charge in [-0.05, 0) is 36.7 Å². The molecule has 1 aromatic rings. The van der Waals surface area contributed by atoms with Crippen LogP contribution in [0.2, 0.25) is 0 Å². The summed E-state index contributed by atoms with van der Waals surface area (Å²) >= 11 is 3.46. The van der Waals surface area contributed by atoms with Crippen LogP contribution < -0.4 is 0 Å². The van der Waals surface area contributed by atoms with Crippen molar-refractivity contribution in [3.8, 4) is 0 Å². The Balaban J connectivity index is 2.01. The number of piperidine rings is 1. The fourth-order valence-corrected chi connectivity index (χ4v) is 5.50. The number of alkyl halides is 1. The molecular weight excluding hydrogens is 350 g/mol. The van der Waals surface area contributed by atoms with Crippen molar-refractivity contribution in [2.45, 2.75) is 32.1 Å². The normalized spacial score (nSPS) is 22.1. The van der Waals surface area contributed by atoms with Gasteiger partial charge in [-0.25, -0.2) is 12.7 Å². The van der Waals surface area contributed by atoms with E-state index < -0.39 is 10.0 Å². The van der Waals surface area contributed by atoms with Crippen LogP contribution in [0, 0.1) is 5.92 Å². The number of hydrogen-bond donors (Lipinski definition) is 0. The lowest BCUT2D eigenvalue weighted by atomic mass is 9.97. The average Bonchev–Trinajstić information content (AvgIpc) is 2.48. The molecule has 1 aliphatic rings. The molecule has 0 spiro atoms. The summed E-state index contributed by atoms with van der Waals surface area (Å²) in [5, 5.41) is 0.950. The average molecular weight is 374 g/mol.